The largest absolute Gasteiger partial charge is 0.396 e. The van der Waals surface area contributed by atoms with Gasteiger partial charge in [-0.25, -0.2) is 0 Å². The van der Waals surface area contributed by atoms with E-state index < -0.39 is 0 Å². The molecule has 2 unspecified atom stereocenters. The topological polar surface area (TPSA) is 56.7 Å². The molecule has 3 N–H and O–H groups in total. The van der Waals surface area contributed by atoms with Crippen molar-refractivity contribution in [2.24, 2.45) is 10.9 Å². The summed E-state index contributed by atoms with van der Waals surface area (Å²) in [7, 11) is 0. The van der Waals surface area contributed by atoms with E-state index in [0.29, 0.717) is 6.54 Å². The van der Waals surface area contributed by atoms with Crippen molar-refractivity contribution in [2.45, 2.75) is 33.7 Å². The van der Waals surface area contributed by atoms with Crippen LogP contribution < -0.4 is 10.6 Å². The molecule has 120 valence electrons. The third kappa shape index (κ3) is 7.13. The summed E-state index contributed by atoms with van der Waals surface area (Å²) < 4.78 is 0. The smallest absolute Gasteiger partial charge is 0.191 e. The van der Waals surface area contributed by atoms with Crippen molar-refractivity contribution in [2.75, 3.05) is 19.7 Å². The number of aliphatic hydroxyl groups excluding tert-OH is 1. The number of nitrogens with zero attached hydrogens (tertiary/aromatic N) is 1. The SMILES string of the molecule is CCNC(=NCC(C)CO)NC(C)c1ccccc1C.I. The molecule has 0 saturated carbocycles. The van der Waals surface area contributed by atoms with Gasteiger partial charge in [0, 0.05) is 19.7 Å². The maximum atomic E-state index is 9.06. The summed E-state index contributed by atoms with van der Waals surface area (Å²) in [4.78, 5) is 4.51. The zero-order valence-electron chi connectivity index (χ0n) is 13.4. The summed E-state index contributed by atoms with van der Waals surface area (Å²) >= 11 is 0. The number of hydrogen-bond acceptors (Lipinski definition) is 2. The Morgan fingerprint density at radius 1 is 1.29 bits per heavy atom. The third-order valence-electron chi connectivity index (χ3n) is 3.23. The first kappa shape index (κ1) is 20.2. The van der Waals surface area contributed by atoms with Crippen LogP contribution in [0.5, 0.6) is 0 Å². The van der Waals surface area contributed by atoms with Crippen molar-refractivity contribution in [1.29, 1.82) is 0 Å². The number of guanidine groups is 1. The van der Waals surface area contributed by atoms with Gasteiger partial charge in [0.2, 0.25) is 0 Å². The Kier molecular flexibility index (Phi) is 10.4. The lowest BCUT2D eigenvalue weighted by atomic mass is 10.0. The fourth-order valence-corrected chi connectivity index (χ4v) is 1.98. The summed E-state index contributed by atoms with van der Waals surface area (Å²) in [6.45, 7) is 9.88. The highest BCUT2D eigenvalue weighted by molar-refractivity contribution is 14.0. The summed E-state index contributed by atoms with van der Waals surface area (Å²) in [6, 6.07) is 8.54. The molecule has 0 aliphatic heterocycles. The van der Waals surface area contributed by atoms with Crippen LogP contribution in [0.4, 0.5) is 0 Å². The van der Waals surface area contributed by atoms with Gasteiger partial charge in [0.15, 0.2) is 5.96 Å². The summed E-state index contributed by atoms with van der Waals surface area (Å²) in [5.74, 6) is 0.975. The zero-order chi connectivity index (χ0) is 15.0. The van der Waals surface area contributed by atoms with Crippen molar-refractivity contribution in [3.05, 3.63) is 35.4 Å². The van der Waals surface area contributed by atoms with E-state index in [1.807, 2.05) is 19.9 Å². The Morgan fingerprint density at radius 2 is 1.95 bits per heavy atom. The van der Waals surface area contributed by atoms with E-state index in [-0.39, 0.29) is 42.5 Å². The Labute approximate surface area is 145 Å². The molecule has 0 heterocycles. The van der Waals surface area contributed by atoms with Crippen LogP contribution >= 0.6 is 24.0 Å². The van der Waals surface area contributed by atoms with Gasteiger partial charge in [-0.05, 0) is 37.8 Å². The fourth-order valence-electron chi connectivity index (χ4n) is 1.98. The van der Waals surface area contributed by atoms with E-state index >= 15 is 0 Å². The first-order valence-electron chi connectivity index (χ1n) is 7.29. The number of aliphatic imine (C=N–C) groups is 1. The standard InChI is InChI=1S/C16H27N3O.HI/c1-5-17-16(18-10-12(2)11-20)19-14(4)15-9-7-6-8-13(15)3;/h6-9,12,14,20H,5,10-11H2,1-4H3,(H2,17,18,19);1H. The van der Waals surface area contributed by atoms with E-state index in [9.17, 15) is 0 Å². The van der Waals surface area contributed by atoms with Gasteiger partial charge >= 0.3 is 0 Å². The molecule has 0 spiro atoms. The van der Waals surface area contributed by atoms with Crippen LogP contribution in [0.3, 0.4) is 0 Å². The van der Waals surface area contributed by atoms with Crippen molar-refractivity contribution in [3.63, 3.8) is 0 Å². The summed E-state index contributed by atoms with van der Waals surface area (Å²) in [6.07, 6.45) is 0. The molecule has 0 amide bonds. The molecule has 4 nitrogen and oxygen atoms in total. The minimum atomic E-state index is 0. The van der Waals surface area contributed by atoms with Gasteiger partial charge in [0.25, 0.3) is 0 Å². The van der Waals surface area contributed by atoms with Crippen molar-refractivity contribution in [1.82, 2.24) is 10.6 Å². The average Bonchev–Trinajstić information content (AvgIpc) is 2.44. The number of benzene rings is 1. The van der Waals surface area contributed by atoms with Crippen LogP contribution in [-0.4, -0.2) is 30.8 Å². The number of rotatable bonds is 6. The molecule has 1 aromatic rings. The number of hydrogen-bond donors (Lipinski definition) is 3. The Morgan fingerprint density at radius 3 is 2.52 bits per heavy atom. The van der Waals surface area contributed by atoms with Crippen molar-refractivity contribution < 1.29 is 5.11 Å². The fraction of sp³-hybridized carbons (Fsp3) is 0.562. The third-order valence-corrected chi connectivity index (χ3v) is 3.23. The average molecular weight is 405 g/mol. The quantitative estimate of drug-likeness (QED) is 0.388. The monoisotopic (exact) mass is 405 g/mol. The van der Waals surface area contributed by atoms with Crippen LogP contribution in [0.2, 0.25) is 0 Å². The highest BCUT2D eigenvalue weighted by Crippen LogP contribution is 2.16. The van der Waals surface area contributed by atoms with Gasteiger partial charge in [0.05, 0.1) is 6.04 Å². The minimum absolute atomic E-state index is 0. The predicted octanol–water partition coefficient (Wildman–Crippen LogP) is 2.86. The number of nitrogens with one attached hydrogen (secondary N) is 2. The Hall–Kier alpha value is -0.820. The summed E-state index contributed by atoms with van der Waals surface area (Å²) in [5.41, 5.74) is 2.54. The van der Waals surface area contributed by atoms with E-state index in [1.165, 1.54) is 11.1 Å². The van der Waals surface area contributed by atoms with Crippen LogP contribution in [0.15, 0.2) is 29.3 Å². The zero-order valence-corrected chi connectivity index (χ0v) is 15.7. The van der Waals surface area contributed by atoms with E-state index in [0.717, 1.165) is 12.5 Å². The maximum Gasteiger partial charge on any atom is 0.191 e. The molecular weight excluding hydrogens is 377 g/mol. The van der Waals surface area contributed by atoms with Crippen LogP contribution in [0.1, 0.15) is 37.9 Å². The number of aryl methyl sites for hydroxylation is 1. The molecule has 0 aliphatic carbocycles. The van der Waals surface area contributed by atoms with Crippen molar-refractivity contribution in [3.8, 4) is 0 Å². The predicted molar refractivity (Wildman–Crippen MR) is 100 cm³/mol. The highest BCUT2D eigenvalue weighted by atomic mass is 127. The van der Waals surface area contributed by atoms with E-state index in [4.69, 9.17) is 5.11 Å². The normalized spacial score (nSPS) is 14.0. The molecule has 21 heavy (non-hydrogen) atoms. The second-order valence-corrected chi connectivity index (χ2v) is 5.23. The molecule has 5 heteroatoms. The molecule has 0 fully saturated rings. The molecule has 1 aromatic carbocycles. The Bertz CT molecular complexity index is 437. The van der Waals surface area contributed by atoms with Gasteiger partial charge < -0.3 is 15.7 Å². The molecule has 0 bridgehead atoms. The van der Waals surface area contributed by atoms with Gasteiger partial charge in [-0.2, -0.15) is 0 Å². The van der Waals surface area contributed by atoms with Crippen molar-refractivity contribution >= 4 is 29.9 Å². The molecule has 0 radical (unpaired) electrons. The minimum Gasteiger partial charge on any atom is -0.396 e. The first-order valence-corrected chi connectivity index (χ1v) is 7.29. The second-order valence-electron chi connectivity index (χ2n) is 5.23. The number of halogens is 1. The lowest BCUT2D eigenvalue weighted by molar-refractivity contribution is 0.241. The van der Waals surface area contributed by atoms with E-state index in [2.05, 4.69) is 47.7 Å². The van der Waals surface area contributed by atoms with Crippen LogP contribution in [0, 0.1) is 12.8 Å². The van der Waals surface area contributed by atoms with Crippen LogP contribution in [0.25, 0.3) is 0 Å². The van der Waals surface area contributed by atoms with Gasteiger partial charge in [-0.1, -0.05) is 31.2 Å². The molecular formula is C16H28IN3O. The van der Waals surface area contributed by atoms with Gasteiger partial charge in [-0.15, -0.1) is 24.0 Å². The molecule has 0 saturated heterocycles. The molecule has 1 rings (SSSR count). The van der Waals surface area contributed by atoms with Gasteiger partial charge in [0.1, 0.15) is 0 Å². The molecule has 2 atom stereocenters. The Balaban J connectivity index is 0.00000400. The molecule has 0 aromatic heterocycles. The molecule has 0 aliphatic rings. The maximum absolute atomic E-state index is 9.06. The van der Waals surface area contributed by atoms with E-state index in [1.54, 1.807) is 0 Å². The highest BCUT2D eigenvalue weighted by Gasteiger charge is 2.10. The lowest BCUT2D eigenvalue weighted by Crippen LogP contribution is -2.39. The second kappa shape index (κ2) is 10.8. The number of aliphatic hydroxyl groups is 1. The lowest BCUT2D eigenvalue weighted by Gasteiger charge is -2.20. The summed E-state index contributed by atoms with van der Waals surface area (Å²) in [5, 5.41) is 15.7. The van der Waals surface area contributed by atoms with Gasteiger partial charge in [-0.3, -0.25) is 4.99 Å². The first-order chi connectivity index (χ1) is 9.58. The van der Waals surface area contributed by atoms with Crippen LogP contribution in [-0.2, 0) is 0 Å².